The number of rotatable bonds is 3. The molecule has 0 aliphatic carbocycles. The molecule has 76 valence electrons. The third kappa shape index (κ3) is 2.52. The van der Waals surface area contributed by atoms with Crippen molar-refractivity contribution in [3.8, 4) is 0 Å². The number of nitrogen functional groups attached to an aromatic ring is 1. The Labute approximate surface area is 86.0 Å². The number of benzene rings is 1. The van der Waals surface area contributed by atoms with Gasteiger partial charge in [-0.25, -0.2) is 0 Å². The molecule has 0 fully saturated rings. The maximum Gasteiger partial charge on any atom is 0.0602 e. The Balaban J connectivity index is 2.93. The zero-order valence-corrected chi connectivity index (χ0v) is 9.17. The molecule has 0 atom stereocenters. The first kappa shape index (κ1) is 10.6. The summed E-state index contributed by atoms with van der Waals surface area (Å²) >= 11 is 0. The van der Waals surface area contributed by atoms with E-state index in [2.05, 4.69) is 24.5 Å². The molecule has 1 aromatic carbocycles. The van der Waals surface area contributed by atoms with E-state index in [4.69, 9.17) is 5.73 Å². The molecule has 1 rings (SSSR count). The second-order valence-corrected chi connectivity index (χ2v) is 3.88. The molecule has 0 spiro atoms. The summed E-state index contributed by atoms with van der Waals surface area (Å²) in [6.07, 6.45) is 0. The van der Waals surface area contributed by atoms with Gasteiger partial charge < -0.3 is 10.6 Å². The lowest BCUT2D eigenvalue weighted by molar-refractivity contribution is 0.986. The van der Waals surface area contributed by atoms with Gasteiger partial charge in [0.05, 0.1) is 11.4 Å². The van der Waals surface area contributed by atoms with Crippen molar-refractivity contribution in [3.05, 3.63) is 35.9 Å². The number of aryl methyl sites for hydroxylation is 1. The number of hydrogen-bond acceptors (Lipinski definition) is 2. The van der Waals surface area contributed by atoms with Gasteiger partial charge in [-0.2, -0.15) is 0 Å². The van der Waals surface area contributed by atoms with Crippen molar-refractivity contribution in [1.82, 2.24) is 0 Å². The molecule has 2 N–H and O–H groups in total. The lowest BCUT2D eigenvalue weighted by Gasteiger charge is -2.21. The summed E-state index contributed by atoms with van der Waals surface area (Å²) in [5.41, 5.74) is 10.1. The summed E-state index contributed by atoms with van der Waals surface area (Å²) in [5, 5.41) is 0. The maximum atomic E-state index is 5.89. The highest BCUT2D eigenvalue weighted by atomic mass is 15.1. The molecule has 0 aromatic heterocycles. The molecular formula is C12H18N2. The van der Waals surface area contributed by atoms with Gasteiger partial charge >= 0.3 is 0 Å². The van der Waals surface area contributed by atoms with Crippen molar-refractivity contribution in [2.45, 2.75) is 13.8 Å². The fraction of sp³-hybridized carbons (Fsp3) is 0.333. The Kier molecular flexibility index (Phi) is 3.18. The molecule has 14 heavy (non-hydrogen) atoms. The first-order chi connectivity index (χ1) is 6.50. The molecule has 0 unspecified atom stereocenters. The smallest absolute Gasteiger partial charge is 0.0602 e. The molecule has 0 aliphatic rings. The molecule has 0 aliphatic heterocycles. The molecule has 0 heterocycles. The highest BCUT2D eigenvalue weighted by Gasteiger charge is 2.04. The van der Waals surface area contributed by atoms with E-state index in [0.29, 0.717) is 0 Å². The average molecular weight is 190 g/mol. The van der Waals surface area contributed by atoms with Crippen molar-refractivity contribution in [3.63, 3.8) is 0 Å². The van der Waals surface area contributed by atoms with E-state index < -0.39 is 0 Å². The minimum Gasteiger partial charge on any atom is -0.397 e. The van der Waals surface area contributed by atoms with Gasteiger partial charge in [-0.15, -0.1) is 0 Å². The van der Waals surface area contributed by atoms with Crippen molar-refractivity contribution >= 4 is 11.4 Å². The predicted octanol–water partition coefficient (Wildman–Crippen LogP) is 2.59. The largest absolute Gasteiger partial charge is 0.397 e. The van der Waals surface area contributed by atoms with Crippen molar-refractivity contribution < 1.29 is 0 Å². The van der Waals surface area contributed by atoms with Crippen LogP contribution in [0, 0.1) is 6.92 Å². The Morgan fingerprint density at radius 2 is 2.14 bits per heavy atom. The van der Waals surface area contributed by atoms with Crippen LogP contribution in [0.4, 0.5) is 11.4 Å². The first-order valence-electron chi connectivity index (χ1n) is 4.72. The van der Waals surface area contributed by atoms with Gasteiger partial charge in [-0.3, -0.25) is 0 Å². The molecule has 0 radical (unpaired) electrons. The zero-order chi connectivity index (χ0) is 10.7. The summed E-state index contributed by atoms with van der Waals surface area (Å²) < 4.78 is 0. The molecule has 2 heteroatoms. The summed E-state index contributed by atoms with van der Waals surface area (Å²) in [7, 11) is 2.03. The fourth-order valence-electron chi connectivity index (χ4n) is 1.47. The summed E-state index contributed by atoms with van der Waals surface area (Å²) in [4.78, 5) is 2.12. The van der Waals surface area contributed by atoms with E-state index in [1.807, 2.05) is 26.1 Å². The second-order valence-electron chi connectivity index (χ2n) is 3.88. The number of nitrogens with zero attached hydrogens (tertiary/aromatic N) is 1. The van der Waals surface area contributed by atoms with Crippen LogP contribution in [0.1, 0.15) is 12.5 Å². The first-order valence-corrected chi connectivity index (χ1v) is 4.72. The third-order valence-electron chi connectivity index (χ3n) is 2.10. The van der Waals surface area contributed by atoms with E-state index in [1.54, 1.807) is 0 Å². The SMILES string of the molecule is C=C(C)CN(C)c1cc(C)ccc1N. The molecule has 0 saturated heterocycles. The van der Waals surface area contributed by atoms with Crippen LogP contribution >= 0.6 is 0 Å². The van der Waals surface area contributed by atoms with Gasteiger partial charge in [0.2, 0.25) is 0 Å². The Hall–Kier alpha value is -1.44. The van der Waals surface area contributed by atoms with Crippen LogP contribution in [0.15, 0.2) is 30.4 Å². The Bertz CT molecular complexity index is 342. The highest BCUT2D eigenvalue weighted by molar-refractivity contribution is 5.68. The van der Waals surface area contributed by atoms with E-state index in [0.717, 1.165) is 23.5 Å². The number of nitrogens with two attached hydrogens (primary N) is 1. The summed E-state index contributed by atoms with van der Waals surface area (Å²) in [6, 6.07) is 6.06. The molecule has 0 saturated carbocycles. The summed E-state index contributed by atoms with van der Waals surface area (Å²) in [5.74, 6) is 0. The molecular weight excluding hydrogens is 172 g/mol. The van der Waals surface area contributed by atoms with Crippen LogP contribution in [0.25, 0.3) is 0 Å². The van der Waals surface area contributed by atoms with Crippen LogP contribution in [0.3, 0.4) is 0 Å². The van der Waals surface area contributed by atoms with Crippen LogP contribution in [0.2, 0.25) is 0 Å². The van der Waals surface area contributed by atoms with Crippen LogP contribution in [-0.4, -0.2) is 13.6 Å². The highest BCUT2D eigenvalue weighted by Crippen LogP contribution is 2.23. The van der Waals surface area contributed by atoms with Crippen LogP contribution in [-0.2, 0) is 0 Å². The zero-order valence-electron chi connectivity index (χ0n) is 9.17. The fourth-order valence-corrected chi connectivity index (χ4v) is 1.47. The maximum absolute atomic E-state index is 5.89. The number of hydrogen-bond donors (Lipinski definition) is 1. The molecule has 0 bridgehead atoms. The predicted molar refractivity (Wildman–Crippen MR) is 63.7 cm³/mol. The van der Waals surface area contributed by atoms with Crippen molar-refractivity contribution in [1.29, 1.82) is 0 Å². The molecule has 0 amide bonds. The van der Waals surface area contributed by atoms with Crippen molar-refractivity contribution in [2.24, 2.45) is 0 Å². The lowest BCUT2D eigenvalue weighted by Crippen LogP contribution is -2.20. The summed E-state index contributed by atoms with van der Waals surface area (Å²) in [6.45, 7) is 8.81. The third-order valence-corrected chi connectivity index (χ3v) is 2.10. The normalized spacial score (nSPS) is 9.93. The molecule has 2 nitrogen and oxygen atoms in total. The Morgan fingerprint density at radius 1 is 1.50 bits per heavy atom. The van der Waals surface area contributed by atoms with Gasteiger partial charge in [0.25, 0.3) is 0 Å². The van der Waals surface area contributed by atoms with Gasteiger partial charge in [-0.05, 0) is 31.5 Å². The molecule has 1 aromatic rings. The number of anilines is 2. The standard InChI is InChI=1S/C12H18N2/c1-9(2)8-14(4)12-7-10(3)5-6-11(12)13/h5-7H,1,8,13H2,2-4H3. The second kappa shape index (κ2) is 4.18. The van der Waals surface area contributed by atoms with Crippen molar-refractivity contribution in [2.75, 3.05) is 24.2 Å². The minimum absolute atomic E-state index is 0.819. The van der Waals surface area contributed by atoms with Gasteiger partial charge in [0, 0.05) is 13.6 Å². The minimum atomic E-state index is 0.819. The number of likely N-dealkylation sites (N-methyl/N-ethyl adjacent to an activating group) is 1. The topological polar surface area (TPSA) is 29.3 Å². The van der Waals surface area contributed by atoms with E-state index >= 15 is 0 Å². The Morgan fingerprint density at radius 3 is 2.71 bits per heavy atom. The van der Waals surface area contributed by atoms with E-state index in [-0.39, 0.29) is 0 Å². The van der Waals surface area contributed by atoms with Gasteiger partial charge in [0.1, 0.15) is 0 Å². The monoisotopic (exact) mass is 190 g/mol. The van der Waals surface area contributed by atoms with Crippen LogP contribution in [0.5, 0.6) is 0 Å². The van der Waals surface area contributed by atoms with Gasteiger partial charge in [0.15, 0.2) is 0 Å². The quantitative estimate of drug-likeness (QED) is 0.586. The lowest BCUT2D eigenvalue weighted by atomic mass is 10.1. The van der Waals surface area contributed by atoms with Crippen LogP contribution < -0.4 is 10.6 Å². The average Bonchev–Trinajstić information content (AvgIpc) is 2.08. The van der Waals surface area contributed by atoms with E-state index in [9.17, 15) is 0 Å². The van der Waals surface area contributed by atoms with E-state index in [1.165, 1.54) is 5.56 Å². The van der Waals surface area contributed by atoms with Gasteiger partial charge in [-0.1, -0.05) is 18.2 Å².